The third-order valence-corrected chi connectivity index (χ3v) is 2.83. The van der Waals surface area contributed by atoms with Crippen molar-refractivity contribution in [2.75, 3.05) is 0 Å². The predicted octanol–water partition coefficient (Wildman–Crippen LogP) is 3.37. The van der Waals surface area contributed by atoms with Crippen molar-refractivity contribution < 1.29 is 4.39 Å². The summed E-state index contributed by atoms with van der Waals surface area (Å²) in [5, 5.41) is 12.0. The molecule has 1 N–H and O–H groups in total. The van der Waals surface area contributed by atoms with Crippen molar-refractivity contribution in [3.63, 3.8) is 0 Å². The highest BCUT2D eigenvalue weighted by Gasteiger charge is 2.08. The molecule has 0 aliphatic carbocycles. The van der Waals surface area contributed by atoms with E-state index < -0.39 is 5.82 Å². The molecule has 0 saturated heterocycles. The number of rotatable bonds is 6. The van der Waals surface area contributed by atoms with Crippen LogP contribution in [0.4, 0.5) is 4.39 Å². The quantitative estimate of drug-likeness (QED) is 0.819. The van der Waals surface area contributed by atoms with Crippen molar-refractivity contribution in [1.29, 1.82) is 5.26 Å². The molecule has 3 heteroatoms. The molecule has 1 atom stereocenters. The SMILES string of the molecule is CCCCC(C)NCc1cccc(C#N)c1F. The molecule has 17 heavy (non-hydrogen) atoms. The zero-order valence-electron chi connectivity index (χ0n) is 10.5. The molecule has 1 unspecified atom stereocenters. The van der Waals surface area contributed by atoms with Crippen molar-refractivity contribution in [1.82, 2.24) is 5.32 Å². The van der Waals surface area contributed by atoms with Crippen LogP contribution in [0.5, 0.6) is 0 Å². The summed E-state index contributed by atoms with van der Waals surface area (Å²) in [5.41, 5.74) is 0.679. The normalized spacial score (nSPS) is 12.1. The van der Waals surface area contributed by atoms with E-state index in [9.17, 15) is 4.39 Å². The van der Waals surface area contributed by atoms with Crippen LogP contribution < -0.4 is 5.32 Å². The van der Waals surface area contributed by atoms with Crippen LogP contribution in [0.3, 0.4) is 0 Å². The van der Waals surface area contributed by atoms with Gasteiger partial charge in [0.15, 0.2) is 0 Å². The minimum atomic E-state index is -0.398. The van der Waals surface area contributed by atoms with Crippen LogP contribution in [-0.4, -0.2) is 6.04 Å². The summed E-state index contributed by atoms with van der Waals surface area (Å²) in [6, 6.07) is 7.16. The van der Waals surface area contributed by atoms with Gasteiger partial charge in [-0.2, -0.15) is 5.26 Å². The Kier molecular flexibility index (Phi) is 5.65. The van der Waals surface area contributed by atoms with E-state index in [1.54, 1.807) is 12.1 Å². The van der Waals surface area contributed by atoms with Gasteiger partial charge in [-0.25, -0.2) is 4.39 Å². The summed E-state index contributed by atoms with van der Waals surface area (Å²) in [6.07, 6.45) is 3.44. The van der Waals surface area contributed by atoms with Crippen LogP contribution in [0.25, 0.3) is 0 Å². The van der Waals surface area contributed by atoms with Gasteiger partial charge in [0.1, 0.15) is 11.9 Å². The summed E-state index contributed by atoms with van der Waals surface area (Å²) in [7, 11) is 0. The lowest BCUT2D eigenvalue weighted by atomic mass is 10.1. The molecular formula is C14H19FN2. The molecule has 2 nitrogen and oxygen atoms in total. The smallest absolute Gasteiger partial charge is 0.145 e. The van der Waals surface area contributed by atoms with Crippen molar-refractivity contribution >= 4 is 0 Å². The number of nitriles is 1. The van der Waals surface area contributed by atoms with Gasteiger partial charge < -0.3 is 5.32 Å². The maximum Gasteiger partial charge on any atom is 0.145 e. The minimum absolute atomic E-state index is 0.116. The summed E-state index contributed by atoms with van der Waals surface area (Å²) in [6.45, 7) is 4.73. The van der Waals surface area contributed by atoms with Crippen molar-refractivity contribution in [3.8, 4) is 6.07 Å². The van der Waals surface area contributed by atoms with E-state index in [0.29, 0.717) is 18.2 Å². The second-order valence-electron chi connectivity index (χ2n) is 4.31. The summed E-state index contributed by atoms with van der Waals surface area (Å²) in [4.78, 5) is 0. The van der Waals surface area contributed by atoms with E-state index in [1.165, 1.54) is 18.9 Å². The van der Waals surface area contributed by atoms with Gasteiger partial charge in [0.05, 0.1) is 5.56 Å². The zero-order valence-corrected chi connectivity index (χ0v) is 10.5. The largest absolute Gasteiger partial charge is 0.310 e. The molecule has 0 aliphatic rings. The first-order valence-corrected chi connectivity index (χ1v) is 6.10. The van der Waals surface area contributed by atoms with E-state index in [1.807, 2.05) is 6.07 Å². The van der Waals surface area contributed by atoms with Crippen LogP contribution in [0.1, 0.15) is 44.2 Å². The average Bonchev–Trinajstić information content (AvgIpc) is 2.35. The topological polar surface area (TPSA) is 35.8 Å². The van der Waals surface area contributed by atoms with Crippen LogP contribution >= 0.6 is 0 Å². The Bertz CT molecular complexity index is 396. The van der Waals surface area contributed by atoms with Crippen LogP contribution in [-0.2, 0) is 6.54 Å². The molecule has 0 aromatic heterocycles. The zero-order chi connectivity index (χ0) is 12.7. The number of hydrogen-bond donors (Lipinski definition) is 1. The highest BCUT2D eigenvalue weighted by atomic mass is 19.1. The summed E-state index contributed by atoms with van der Waals surface area (Å²) in [5.74, 6) is -0.398. The molecule has 0 amide bonds. The molecule has 1 aromatic rings. The number of nitrogens with zero attached hydrogens (tertiary/aromatic N) is 1. The lowest BCUT2D eigenvalue weighted by molar-refractivity contribution is 0.485. The molecule has 0 fully saturated rings. The van der Waals surface area contributed by atoms with E-state index in [2.05, 4.69) is 19.2 Å². The number of unbranched alkanes of at least 4 members (excludes halogenated alkanes) is 1. The van der Waals surface area contributed by atoms with Crippen LogP contribution in [0.15, 0.2) is 18.2 Å². The number of halogens is 1. The number of nitrogens with one attached hydrogen (secondary N) is 1. The fourth-order valence-corrected chi connectivity index (χ4v) is 1.70. The fourth-order valence-electron chi connectivity index (χ4n) is 1.70. The van der Waals surface area contributed by atoms with Gasteiger partial charge in [-0.15, -0.1) is 0 Å². The highest BCUT2D eigenvalue weighted by Crippen LogP contribution is 2.12. The average molecular weight is 234 g/mol. The minimum Gasteiger partial charge on any atom is -0.310 e. The third kappa shape index (κ3) is 4.16. The Labute approximate surface area is 102 Å². The Balaban J connectivity index is 2.55. The third-order valence-electron chi connectivity index (χ3n) is 2.83. The number of benzene rings is 1. The van der Waals surface area contributed by atoms with E-state index in [0.717, 1.165) is 6.42 Å². The molecule has 0 heterocycles. The lowest BCUT2D eigenvalue weighted by Crippen LogP contribution is -2.25. The molecule has 1 rings (SSSR count). The van der Waals surface area contributed by atoms with Gasteiger partial charge >= 0.3 is 0 Å². The fraction of sp³-hybridized carbons (Fsp3) is 0.500. The second kappa shape index (κ2) is 7.03. The van der Waals surface area contributed by atoms with Gasteiger partial charge in [-0.05, 0) is 19.4 Å². The Hall–Kier alpha value is -1.40. The molecular weight excluding hydrogens is 215 g/mol. The first kappa shape index (κ1) is 13.7. The molecule has 0 bridgehead atoms. The molecule has 0 radical (unpaired) electrons. The van der Waals surface area contributed by atoms with Crippen LogP contribution in [0.2, 0.25) is 0 Å². The van der Waals surface area contributed by atoms with Crippen molar-refractivity contribution in [2.24, 2.45) is 0 Å². The standard InChI is InChI=1S/C14H19FN2/c1-3-4-6-11(2)17-10-13-8-5-7-12(9-16)14(13)15/h5,7-8,11,17H,3-4,6,10H2,1-2H3. The number of hydrogen-bond acceptors (Lipinski definition) is 2. The Morgan fingerprint density at radius 3 is 2.88 bits per heavy atom. The molecule has 0 saturated carbocycles. The first-order chi connectivity index (χ1) is 8.19. The maximum absolute atomic E-state index is 13.7. The maximum atomic E-state index is 13.7. The van der Waals surface area contributed by atoms with Gasteiger partial charge in [0.2, 0.25) is 0 Å². The van der Waals surface area contributed by atoms with Gasteiger partial charge in [-0.1, -0.05) is 31.9 Å². The van der Waals surface area contributed by atoms with E-state index >= 15 is 0 Å². The van der Waals surface area contributed by atoms with E-state index in [-0.39, 0.29) is 5.56 Å². The van der Waals surface area contributed by atoms with Gasteiger partial charge in [0, 0.05) is 18.2 Å². The predicted molar refractivity (Wildman–Crippen MR) is 66.9 cm³/mol. The highest BCUT2D eigenvalue weighted by molar-refractivity contribution is 5.34. The summed E-state index contributed by atoms with van der Waals surface area (Å²) >= 11 is 0. The first-order valence-electron chi connectivity index (χ1n) is 6.10. The molecule has 92 valence electrons. The molecule has 0 spiro atoms. The second-order valence-corrected chi connectivity index (χ2v) is 4.31. The Morgan fingerprint density at radius 1 is 1.47 bits per heavy atom. The van der Waals surface area contributed by atoms with Crippen molar-refractivity contribution in [2.45, 2.75) is 45.7 Å². The van der Waals surface area contributed by atoms with Gasteiger partial charge in [0.25, 0.3) is 0 Å². The van der Waals surface area contributed by atoms with E-state index in [4.69, 9.17) is 5.26 Å². The lowest BCUT2D eigenvalue weighted by Gasteiger charge is -2.13. The van der Waals surface area contributed by atoms with Gasteiger partial charge in [-0.3, -0.25) is 0 Å². The molecule has 1 aromatic carbocycles. The van der Waals surface area contributed by atoms with Crippen molar-refractivity contribution in [3.05, 3.63) is 35.1 Å². The molecule has 0 aliphatic heterocycles. The monoisotopic (exact) mass is 234 g/mol. The summed E-state index contributed by atoms with van der Waals surface area (Å²) < 4.78 is 13.7. The van der Waals surface area contributed by atoms with Crippen LogP contribution in [0, 0.1) is 17.1 Å². The Morgan fingerprint density at radius 2 is 2.24 bits per heavy atom.